The largest absolute Gasteiger partial charge is 0.316 e. The Bertz CT molecular complexity index is 315. The van der Waals surface area contributed by atoms with Gasteiger partial charge in [0.15, 0.2) is 0 Å². The Morgan fingerprint density at radius 3 is 2.18 bits per heavy atom. The van der Waals surface area contributed by atoms with Gasteiger partial charge in [0.05, 0.1) is 0 Å². The summed E-state index contributed by atoms with van der Waals surface area (Å²) in [6.45, 7) is 5.47. The number of benzene rings is 1. The highest BCUT2D eigenvalue weighted by atomic mass is 19.1. The van der Waals surface area contributed by atoms with Gasteiger partial charge in [-0.1, -0.05) is 26.0 Å². The number of alkyl halides is 1. The standard InChI is InChI=1S/C12H15F2N.C2H6/c13-11-3-1-10(2-4-11)9-12(14)5-7-15-8-6-12;1-2/h1-4,15H,5-9H2;1-2H3. The van der Waals surface area contributed by atoms with E-state index in [2.05, 4.69) is 5.32 Å². The Labute approximate surface area is 102 Å². The normalized spacial score (nSPS) is 18.1. The number of piperidine rings is 1. The van der Waals surface area contributed by atoms with Crippen molar-refractivity contribution in [3.05, 3.63) is 35.6 Å². The Balaban J connectivity index is 0.000000686. The zero-order chi connectivity index (χ0) is 12.7. The van der Waals surface area contributed by atoms with E-state index >= 15 is 0 Å². The molecule has 3 heteroatoms. The van der Waals surface area contributed by atoms with Gasteiger partial charge in [-0.2, -0.15) is 0 Å². The predicted octanol–water partition coefficient (Wildman–Crippen LogP) is 3.49. The molecule has 1 fully saturated rings. The van der Waals surface area contributed by atoms with E-state index in [0.717, 1.165) is 18.7 Å². The second-order valence-electron chi connectivity index (χ2n) is 4.20. The van der Waals surface area contributed by atoms with Crippen LogP contribution in [0.2, 0.25) is 0 Å². The molecule has 0 spiro atoms. The van der Waals surface area contributed by atoms with Gasteiger partial charge < -0.3 is 5.32 Å². The van der Waals surface area contributed by atoms with Crippen LogP contribution in [0, 0.1) is 5.82 Å². The highest BCUT2D eigenvalue weighted by molar-refractivity contribution is 5.18. The fourth-order valence-electron chi connectivity index (χ4n) is 2.02. The van der Waals surface area contributed by atoms with E-state index in [1.165, 1.54) is 12.1 Å². The summed E-state index contributed by atoms with van der Waals surface area (Å²) in [5.74, 6) is -0.267. The lowest BCUT2D eigenvalue weighted by Crippen LogP contribution is -2.40. The van der Waals surface area contributed by atoms with Crippen LogP contribution in [0.5, 0.6) is 0 Å². The van der Waals surface area contributed by atoms with Crippen molar-refractivity contribution in [3.8, 4) is 0 Å². The molecule has 0 aliphatic carbocycles. The molecule has 1 aromatic rings. The van der Waals surface area contributed by atoms with Crippen LogP contribution in [0.1, 0.15) is 32.3 Å². The predicted molar refractivity (Wildman–Crippen MR) is 67.4 cm³/mol. The lowest BCUT2D eigenvalue weighted by atomic mass is 9.88. The lowest BCUT2D eigenvalue weighted by Gasteiger charge is -2.30. The van der Waals surface area contributed by atoms with Crippen LogP contribution in [0.4, 0.5) is 8.78 Å². The molecular weight excluding hydrogens is 220 g/mol. The first kappa shape index (κ1) is 14.1. The van der Waals surface area contributed by atoms with E-state index in [1.54, 1.807) is 12.1 Å². The first-order chi connectivity index (χ1) is 8.18. The molecule has 0 atom stereocenters. The fourth-order valence-corrected chi connectivity index (χ4v) is 2.02. The summed E-state index contributed by atoms with van der Waals surface area (Å²) in [6.07, 6.45) is 1.49. The highest BCUT2D eigenvalue weighted by Crippen LogP contribution is 2.27. The zero-order valence-corrected chi connectivity index (χ0v) is 10.6. The SMILES string of the molecule is CC.Fc1ccc(CC2(F)CCNCC2)cc1. The number of nitrogens with one attached hydrogen (secondary N) is 1. The molecule has 96 valence electrons. The number of hydrogen-bond acceptors (Lipinski definition) is 1. The van der Waals surface area contributed by atoms with E-state index < -0.39 is 5.67 Å². The maximum absolute atomic E-state index is 14.2. The molecule has 1 aliphatic rings. The van der Waals surface area contributed by atoms with Crippen LogP contribution in [-0.2, 0) is 6.42 Å². The minimum Gasteiger partial charge on any atom is -0.316 e. The quantitative estimate of drug-likeness (QED) is 0.835. The molecule has 0 radical (unpaired) electrons. The van der Waals surface area contributed by atoms with Crippen LogP contribution in [0.15, 0.2) is 24.3 Å². The molecule has 0 aromatic heterocycles. The minimum absolute atomic E-state index is 0.267. The Hall–Kier alpha value is -0.960. The van der Waals surface area contributed by atoms with E-state index in [-0.39, 0.29) is 5.82 Å². The third-order valence-electron chi connectivity index (χ3n) is 2.93. The molecule has 17 heavy (non-hydrogen) atoms. The molecule has 0 saturated carbocycles. The van der Waals surface area contributed by atoms with Gasteiger partial charge in [0.25, 0.3) is 0 Å². The van der Waals surface area contributed by atoms with Gasteiger partial charge in [0.2, 0.25) is 0 Å². The van der Waals surface area contributed by atoms with Crippen molar-refractivity contribution in [2.75, 3.05) is 13.1 Å². The van der Waals surface area contributed by atoms with Gasteiger partial charge in [-0.3, -0.25) is 0 Å². The van der Waals surface area contributed by atoms with Crippen molar-refractivity contribution in [1.82, 2.24) is 5.32 Å². The van der Waals surface area contributed by atoms with Crippen LogP contribution in [0.25, 0.3) is 0 Å². The van der Waals surface area contributed by atoms with Crippen molar-refractivity contribution in [2.24, 2.45) is 0 Å². The van der Waals surface area contributed by atoms with Gasteiger partial charge >= 0.3 is 0 Å². The maximum atomic E-state index is 14.2. The topological polar surface area (TPSA) is 12.0 Å². The molecule has 1 N–H and O–H groups in total. The second kappa shape index (κ2) is 6.70. The van der Waals surface area contributed by atoms with Crippen molar-refractivity contribution < 1.29 is 8.78 Å². The van der Waals surface area contributed by atoms with Crippen molar-refractivity contribution >= 4 is 0 Å². The van der Waals surface area contributed by atoms with Crippen molar-refractivity contribution in [2.45, 2.75) is 38.8 Å². The summed E-state index contributed by atoms with van der Waals surface area (Å²) in [5.41, 5.74) is -0.232. The molecule has 0 bridgehead atoms. The van der Waals surface area contributed by atoms with Crippen LogP contribution in [-0.4, -0.2) is 18.8 Å². The van der Waals surface area contributed by atoms with E-state index in [9.17, 15) is 8.78 Å². The maximum Gasteiger partial charge on any atom is 0.123 e. The van der Waals surface area contributed by atoms with Crippen molar-refractivity contribution in [1.29, 1.82) is 0 Å². The number of rotatable bonds is 2. The first-order valence-electron chi connectivity index (χ1n) is 6.32. The van der Waals surface area contributed by atoms with Gasteiger partial charge in [0.1, 0.15) is 11.5 Å². The molecule has 1 nitrogen and oxygen atoms in total. The van der Waals surface area contributed by atoms with Crippen molar-refractivity contribution in [3.63, 3.8) is 0 Å². The van der Waals surface area contributed by atoms with Gasteiger partial charge in [-0.15, -0.1) is 0 Å². The Kier molecular flexibility index (Phi) is 5.56. The van der Waals surface area contributed by atoms with Crippen LogP contribution in [0.3, 0.4) is 0 Å². The average molecular weight is 241 g/mol. The van der Waals surface area contributed by atoms with Gasteiger partial charge in [-0.05, 0) is 43.6 Å². The molecule has 1 aliphatic heterocycles. The summed E-state index contributed by atoms with van der Waals surface area (Å²) in [6, 6.07) is 6.11. The van der Waals surface area contributed by atoms with E-state index in [0.29, 0.717) is 19.3 Å². The summed E-state index contributed by atoms with van der Waals surface area (Å²) in [7, 11) is 0. The third-order valence-corrected chi connectivity index (χ3v) is 2.93. The first-order valence-corrected chi connectivity index (χ1v) is 6.32. The summed E-state index contributed by atoms with van der Waals surface area (Å²) >= 11 is 0. The van der Waals surface area contributed by atoms with Gasteiger partial charge in [-0.25, -0.2) is 8.78 Å². The van der Waals surface area contributed by atoms with Crippen LogP contribution >= 0.6 is 0 Å². The zero-order valence-electron chi connectivity index (χ0n) is 10.6. The minimum atomic E-state index is -1.11. The molecule has 0 unspecified atom stereocenters. The lowest BCUT2D eigenvalue weighted by molar-refractivity contribution is 0.116. The molecular formula is C14H21F2N. The summed E-state index contributed by atoms with van der Waals surface area (Å²) < 4.78 is 26.9. The van der Waals surface area contributed by atoms with E-state index in [1.807, 2.05) is 13.8 Å². The third kappa shape index (κ3) is 4.43. The smallest absolute Gasteiger partial charge is 0.123 e. The number of halogens is 2. The number of hydrogen-bond donors (Lipinski definition) is 1. The van der Waals surface area contributed by atoms with Crippen LogP contribution < -0.4 is 5.32 Å². The average Bonchev–Trinajstić information content (AvgIpc) is 2.35. The monoisotopic (exact) mass is 241 g/mol. The summed E-state index contributed by atoms with van der Waals surface area (Å²) in [4.78, 5) is 0. The molecule has 0 amide bonds. The Morgan fingerprint density at radius 1 is 1.12 bits per heavy atom. The van der Waals surface area contributed by atoms with E-state index in [4.69, 9.17) is 0 Å². The van der Waals surface area contributed by atoms with Gasteiger partial charge in [0, 0.05) is 6.42 Å². The highest BCUT2D eigenvalue weighted by Gasteiger charge is 2.31. The Morgan fingerprint density at radius 2 is 1.65 bits per heavy atom. The molecule has 1 saturated heterocycles. The fraction of sp³-hybridized carbons (Fsp3) is 0.571. The molecule has 1 heterocycles. The molecule has 2 rings (SSSR count). The summed E-state index contributed by atoms with van der Waals surface area (Å²) in [5, 5.41) is 3.13. The second-order valence-corrected chi connectivity index (χ2v) is 4.20. The molecule has 1 aromatic carbocycles.